The number of ether oxygens (including phenoxy) is 1. The Bertz CT molecular complexity index is 331. The van der Waals surface area contributed by atoms with Crippen molar-refractivity contribution in [2.45, 2.75) is 13.3 Å². The fraction of sp³-hybridized carbons (Fsp3) is 0.500. The molecule has 0 aromatic heterocycles. The number of methoxy groups -OCH3 is 1. The first kappa shape index (κ1) is 13.1. The minimum absolute atomic E-state index is 0.694. The smallest absolute Gasteiger partial charge is 0.142 e. The molecule has 0 bridgehead atoms. The van der Waals surface area contributed by atoms with Crippen molar-refractivity contribution in [3.8, 4) is 5.75 Å². The van der Waals surface area contributed by atoms with Crippen LogP contribution in [0.3, 0.4) is 0 Å². The van der Waals surface area contributed by atoms with Gasteiger partial charge in [0.2, 0.25) is 0 Å². The molecule has 0 heterocycles. The molecule has 0 aliphatic carbocycles. The van der Waals surface area contributed by atoms with Gasteiger partial charge in [-0.15, -0.1) is 0 Å². The summed E-state index contributed by atoms with van der Waals surface area (Å²) >= 11 is 6.00. The van der Waals surface area contributed by atoms with Crippen LogP contribution in [0.25, 0.3) is 0 Å². The van der Waals surface area contributed by atoms with E-state index < -0.39 is 0 Å². The van der Waals surface area contributed by atoms with Crippen LogP contribution in [0.4, 0.5) is 5.69 Å². The number of hydrogen-bond acceptors (Lipinski definition) is 3. The van der Waals surface area contributed by atoms with Gasteiger partial charge in [-0.1, -0.05) is 11.6 Å². The molecule has 16 heavy (non-hydrogen) atoms. The SMILES string of the molecule is CCN(CCCN)c1cc(Cl)ccc1OC. The van der Waals surface area contributed by atoms with Crippen LogP contribution >= 0.6 is 11.6 Å². The van der Waals surface area contributed by atoms with Crippen molar-refractivity contribution in [1.82, 2.24) is 0 Å². The fourth-order valence-corrected chi connectivity index (χ4v) is 1.81. The molecule has 0 saturated carbocycles. The van der Waals surface area contributed by atoms with Crippen molar-refractivity contribution < 1.29 is 4.74 Å². The lowest BCUT2D eigenvalue weighted by Gasteiger charge is -2.25. The number of hydrogen-bond donors (Lipinski definition) is 1. The average molecular weight is 243 g/mol. The zero-order chi connectivity index (χ0) is 12.0. The molecule has 0 radical (unpaired) electrons. The number of halogens is 1. The van der Waals surface area contributed by atoms with Gasteiger partial charge in [0, 0.05) is 18.1 Å². The first-order chi connectivity index (χ1) is 7.72. The Hall–Kier alpha value is -0.930. The van der Waals surface area contributed by atoms with E-state index in [1.54, 1.807) is 7.11 Å². The first-order valence-electron chi connectivity index (χ1n) is 5.51. The second-order valence-corrected chi connectivity index (χ2v) is 3.97. The van der Waals surface area contributed by atoms with E-state index in [0.717, 1.165) is 36.0 Å². The molecule has 1 rings (SSSR count). The molecule has 2 N–H and O–H groups in total. The lowest BCUT2D eigenvalue weighted by Crippen LogP contribution is -2.26. The fourth-order valence-electron chi connectivity index (χ4n) is 1.64. The van der Waals surface area contributed by atoms with Crippen molar-refractivity contribution in [3.05, 3.63) is 23.2 Å². The highest BCUT2D eigenvalue weighted by Gasteiger charge is 2.10. The largest absolute Gasteiger partial charge is 0.495 e. The van der Waals surface area contributed by atoms with Gasteiger partial charge in [-0.05, 0) is 38.1 Å². The van der Waals surface area contributed by atoms with E-state index in [1.807, 2.05) is 18.2 Å². The van der Waals surface area contributed by atoms with Crippen LogP contribution < -0.4 is 15.4 Å². The minimum atomic E-state index is 0.694. The highest BCUT2D eigenvalue weighted by atomic mass is 35.5. The Morgan fingerprint density at radius 1 is 1.44 bits per heavy atom. The zero-order valence-electron chi connectivity index (χ0n) is 9.87. The number of benzene rings is 1. The Morgan fingerprint density at radius 2 is 2.19 bits per heavy atom. The van der Waals surface area contributed by atoms with Crippen LogP contribution in [0.1, 0.15) is 13.3 Å². The van der Waals surface area contributed by atoms with Crippen LogP contribution in [0, 0.1) is 0 Å². The molecule has 1 aromatic carbocycles. The summed E-state index contributed by atoms with van der Waals surface area (Å²) in [4.78, 5) is 2.22. The maximum absolute atomic E-state index is 6.00. The van der Waals surface area contributed by atoms with E-state index in [4.69, 9.17) is 22.1 Å². The van der Waals surface area contributed by atoms with E-state index in [-0.39, 0.29) is 0 Å². The molecule has 0 fully saturated rings. The highest BCUT2D eigenvalue weighted by Crippen LogP contribution is 2.31. The molecule has 0 amide bonds. The van der Waals surface area contributed by atoms with Crippen molar-refractivity contribution in [1.29, 1.82) is 0 Å². The van der Waals surface area contributed by atoms with Crippen LogP contribution in [-0.4, -0.2) is 26.7 Å². The van der Waals surface area contributed by atoms with Gasteiger partial charge in [-0.25, -0.2) is 0 Å². The van der Waals surface area contributed by atoms with Crippen molar-refractivity contribution >= 4 is 17.3 Å². The summed E-state index contributed by atoms with van der Waals surface area (Å²) in [6, 6.07) is 5.66. The molecule has 0 spiro atoms. The van der Waals surface area contributed by atoms with Gasteiger partial charge in [0.1, 0.15) is 5.75 Å². The molecule has 0 aliphatic rings. The van der Waals surface area contributed by atoms with Gasteiger partial charge in [-0.3, -0.25) is 0 Å². The first-order valence-corrected chi connectivity index (χ1v) is 5.89. The molecule has 4 heteroatoms. The molecule has 3 nitrogen and oxygen atoms in total. The predicted molar refractivity (Wildman–Crippen MR) is 69.6 cm³/mol. The second-order valence-electron chi connectivity index (χ2n) is 3.54. The quantitative estimate of drug-likeness (QED) is 0.833. The summed E-state index contributed by atoms with van der Waals surface area (Å²) in [6.07, 6.45) is 0.962. The monoisotopic (exact) mass is 242 g/mol. The maximum atomic E-state index is 6.00. The standard InChI is InChI=1S/C12H19ClN2O/c1-3-15(8-4-7-14)11-9-10(13)5-6-12(11)16-2/h5-6,9H,3-4,7-8,14H2,1-2H3. The summed E-state index contributed by atoms with van der Waals surface area (Å²) < 4.78 is 5.33. The highest BCUT2D eigenvalue weighted by molar-refractivity contribution is 6.30. The molecule has 0 aliphatic heterocycles. The maximum Gasteiger partial charge on any atom is 0.142 e. The van der Waals surface area contributed by atoms with Crippen LogP contribution in [0.15, 0.2) is 18.2 Å². The lowest BCUT2D eigenvalue weighted by atomic mass is 10.2. The summed E-state index contributed by atoms with van der Waals surface area (Å²) in [5.74, 6) is 0.850. The third-order valence-electron chi connectivity index (χ3n) is 2.50. The lowest BCUT2D eigenvalue weighted by molar-refractivity contribution is 0.414. The van der Waals surface area contributed by atoms with Crippen LogP contribution in [0.5, 0.6) is 5.75 Å². The molecule has 0 saturated heterocycles. The van der Waals surface area contributed by atoms with E-state index in [2.05, 4.69) is 11.8 Å². The summed E-state index contributed by atoms with van der Waals surface area (Å²) in [5.41, 5.74) is 6.56. The Morgan fingerprint density at radius 3 is 2.75 bits per heavy atom. The third kappa shape index (κ3) is 3.29. The summed E-state index contributed by atoms with van der Waals surface area (Å²) in [5, 5.41) is 0.724. The van der Waals surface area contributed by atoms with E-state index >= 15 is 0 Å². The molecule has 0 unspecified atom stereocenters. The summed E-state index contributed by atoms with van der Waals surface area (Å²) in [7, 11) is 1.67. The van der Waals surface area contributed by atoms with Crippen molar-refractivity contribution in [3.63, 3.8) is 0 Å². The van der Waals surface area contributed by atoms with Gasteiger partial charge >= 0.3 is 0 Å². The Balaban J connectivity index is 2.92. The van der Waals surface area contributed by atoms with Gasteiger partial charge in [0.15, 0.2) is 0 Å². The summed E-state index contributed by atoms with van der Waals surface area (Å²) in [6.45, 7) is 4.64. The van der Waals surface area contributed by atoms with Gasteiger partial charge in [-0.2, -0.15) is 0 Å². The van der Waals surface area contributed by atoms with E-state index in [9.17, 15) is 0 Å². The molecule has 1 aromatic rings. The van der Waals surface area contributed by atoms with Crippen LogP contribution in [-0.2, 0) is 0 Å². The zero-order valence-corrected chi connectivity index (χ0v) is 10.6. The molecular weight excluding hydrogens is 224 g/mol. The Labute approximate surface area is 102 Å². The van der Waals surface area contributed by atoms with Crippen molar-refractivity contribution in [2.24, 2.45) is 5.73 Å². The van der Waals surface area contributed by atoms with E-state index in [1.165, 1.54) is 0 Å². The molecular formula is C12H19ClN2O. The van der Waals surface area contributed by atoms with Gasteiger partial charge in [0.05, 0.1) is 12.8 Å². The van der Waals surface area contributed by atoms with Gasteiger partial charge in [0.25, 0.3) is 0 Å². The van der Waals surface area contributed by atoms with E-state index in [0.29, 0.717) is 6.54 Å². The molecule has 0 atom stereocenters. The van der Waals surface area contributed by atoms with Gasteiger partial charge < -0.3 is 15.4 Å². The topological polar surface area (TPSA) is 38.5 Å². The number of nitrogens with zero attached hydrogens (tertiary/aromatic N) is 1. The van der Waals surface area contributed by atoms with Crippen LogP contribution in [0.2, 0.25) is 5.02 Å². The minimum Gasteiger partial charge on any atom is -0.495 e. The van der Waals surface area contributed by atoms with Crippen molar-refractivity contribution in [2.75, 3.05) is 31.6 Å². The number of anilines is 1. The number of nitrogens with two attached hydrogens (primary N) is 1. The second kappa shape index (κ2) is 6.61. The normalized spacial score (nSPS) is 10.2. The third-order valence-corrected chi connectivity index (χ3v) is 2.73. The Kier molecular flexibility index (Phi) is 5.43. The number of rotatable bonds is 6. The average Bonchev–Trinajstić information content (AvgIpc) is 2.30. The predicted octanol–water partition coefficient (Wildman–Crippen LogP) is 2.52. The molecule has 90 valence electrons.